The summed E-state index contributed by atoms with van der Waals surface area (Å²) in [5.74, 6) is 0.446. The lowest BCUT2D eigenvalue weighted by Crippen LogP contribution is -2.54. The van der Waals surface area contributed by atoms with Gasteiger partial charge in [0.1, 0.15) is 11.8 Å². The molecule has 0 bridgehead atoms. The van der Waals surface area contributed by atoms with Gasteiger partial charge >= 0.3 is 0 Å². The largest absolute Gasteiger partial charge is 0.494 e. The first-order valence-corrected chi connectivity index (χ1v) is 13.6. The van der Waals surface area contributed by atoms with Crippen molar-refractivity contribution in [3.63, 3.8) is 0 Å². The van der Waals surface area contributed by atoms with E-state index in [1.165, 1.54) is 0 Å². The van der Waals surface area contributed by atoms with E-state index in [4.69, 9.17) is 16.3 Å². The first kappa shape index (κ1) is 28.7. The third kappa shape index (κ3) is 9.86. The third-order valence-corrected chi connectivity index (χ3v) is 6.43. The number of hydrogen-bond donors (Lipinski definition) is 1. The summed E-state index contributed by atoms with van der Waals surface area (Å²) in [6, 6.07) is 24.1. The number of carbonyl (C=O) groups is 2. The maximum Gasteiger partial charge on any atom is 0.243 e. The molecular formula is C30H34BrClN2O3. The molecule has 0 spiro atoms. The zero-order valence-electron chi connectivity index (χ0n) is 21.5. The maximum absolute atomic E-state index is 13.6. The summed E-state index contributed by atoms with van der Waals surface area (Å²) < 4.78 is 6.74. The van der Waals surface area contributed by atoms with Crippen LogP contribution in [0.5, 0.6) is 5.75 Å². The van der Waals surface area contributed by atoms with Crippen LogP contribution in [0.1, 0.15) is 44.7 Å². The van der Waals surface area contributed by atoms with Gasteiger partial charge in [0.15, 0.2) is 0 Å². The molecule has 0 heterocycles. The van der Waals surface area contributed by atoms with Crippen LogP contribution in [0.2, 0.25) is 5.02 Å². The van der Waals surface area contributed by atoms with E-state index in [0.29, 0.717) is 36.8 Å². The minimum absolute atomic E-state index is 0.0902. The van der Waals surface area contributed by atoms with Crippen LogP contribution in [0.4, 0.5) is 0 Å². The van der Waals surface area contributed by atoms with Crippen molar-refractivity contribution < 1.29 is 14.3 Å². The number of hydrogen-bond acceptors (Lipinski definition) is 3. The molecule has 1 N–H and O–H groups in total. The predicted molar refractivity (Wildman–Crippen MR) is 153 cm³/mol. The molecule has 0 aromatic heterocycles. The lowest BCUT2D eigenvalue weighted by Gasteiger charge is -2.34. The quantitative estimate of drug-likeness (QED) is 0.251. The van der Waals surface area contributed by atoms with E-state index in [1.807, 2.05) is 75.4 Å². The first-order chi connectivity index (χ1) is 17.6. The predicted octanol–water partition coefficient (Wildman–Crippen LogP) is 6.82. The molecule has 1 atom stereocenters. The molecule has 0 saturated heterocycles. The van der Waals surface area contributed by atoms with Crippen molar-refractivity contribution in [1.29, 1.82) is 0 Å². The topological polar surface area (TPSA) is 58.6 Å². The van der Waals surface area contributed by atoms with Crippen molar-refractivity contribution in [2.24, 2.45) is 0 Å². The van der Waals surface area contributed by atoms with E-state index in [0.717, 1.165) is 15.6 Å². The molecule has 3 aromatic carbocycles. The third-order valence-electron chi connectivity index (χ3n) is 5.65. The second-order valence-corrected chi connectivity index (χ2v) is 11.4. The lowest BCUT2D eigenvalue weighted by atomic mass is 10.00. The number of benzene rings is 3. The Labute approximate surface area is 233 Å². The molecule has 196 valence electrons. The second kappa shape index (κ2) is 13.6. The summed E-state index contributed by atoms with van der Waals surface area (Å²) in [6.45, 7) is 6.55. The van der Waals surface area contributed by atoms with E-state index in [-0.39, 0.29) is 18.2 Å². The molecular weight excluding hydrogens is 552 g/mol. The van der Waals surface area contributed by atoms with Gasteiger partial charge in [-0.05, 0) is 74.7 Å². The van der Waals surface area contributed by atoms with Crippen LogP contribution in [0.25, 0.3) is 0 Å². The van der Waals surface area contributed by atoms with Gasteiger partial charge in [0.2, 0.25) is 11.8 Å². The van der Waals surface area contributed by atoms with Crippen molar-refractivity contribution in [3.8, 4) is 5.75 Å². The highest BCUT2D eigenvalue weighted by Gasteiger charge is 2.32. The molecule has 0 unspecified atom stereocenters. The SMILES string of the molecule is CC(C)(C)NC(=O)[C@H](Cc1ccccc1)N(Cc1ccc(Br)cc1)C(=O)CCCOc1ccc(Cl)cc1. The zero-order valence-corrected chi connectivity index (χ0v) is 23.9. The molecule has 0 aliphatic rings. The maximum atomic E-state index is 13.6. The summed E-state index contributed by atoms with van der Waals surface area (Å²) in [5, 5.41) is 3.73. The minimum Gasteiger partial charge on any atom is -0.494 e. The Kier molecular flexibility index (Phi) is 10.6. The van der Waals surface area contributed by atoms with Crippen molar-refractivity contribution in [3.05, 3.63) is 99.5 Å². The van der Waals surface area contributed by atoms with Gasteiger partial charge in [-0.25, -0.2) is 0 Å². The number of ether oxygens (including phenoxy) is 1. The average molecular weight is 586 g/mol. The Morgan fingerprint density at radius 3 is 2.22 bits per heavy atom. The molecule has 0 radical (unpaired) electrons. The Morgan fingerprint density at radius 2 is 1.59 bits per heavy atom. The Morgan fingerprint density at radius 1 is 0.946 bits per heavy atom. The van der Waals surface area contributed by atoms with Gasteiger partial charge in [0, 0.05) is 34.4 Å². The van der Waals surface area contributed by atoms with E-state index >= 15 is 0 Å². The fraction of sp³-hybridized carbons (Fsp3) is 0.333. The number of rotatable bonds is 11. The highest BCUT2D eigenvalue weighted by molar-refractivity contribution is 9.10. The standard InChI is InChI=1S/C30H34BrClN2O3/c1-30(2,3)33-29(36)27(20-22-8-5-4-6-9-22)34(21-23-11-13-24(31)14-12-23)28(35)10-7-19-37-26-17-15-25(32)16-18-26/h4-6,8-9,11-18,27H,7,10,19-21H2,1-3H3,(H,33,36)/t27-/m0/s1. The van der Waals surface area contributed by atoms with Crippen LogP contribution in [-0.4, -0.2) is 34.9 Å². The van der Waals surface area contributed by atoms with Crippen molar-refractivity contribution >= 4 is 39.3 Å². The van der Waals surface area contributed by atoms with Gasteiger partial charge in [-0.2, -0.15) is 0 Å². The van der Waals surface area contributed by atoms with Crippen LogP contribution < -0.4 is 10.1 Å². The van der Waals surface area contributed by atoms with Crippen molar-refractivity contribution in [1.82, 2.24) is 10.2 Å². The number of nitrogens with one attached hydrogen (secondary N) is 1. The molecule has 0 fully saturated rings. The number of halogens is 2. The van der Waals surface area contributed by atoms with Gasteiger partial charge in [-0.15, -0.1) is 0 Å². The molecule has 5 nitrogen and oxygen atoms in total. The van der Waals surface area contributed by atoms with E-state index < -0.39 is 11.6 Å². The van der Waals surface area contributed by atoms with Gasteiger partial charge in [-0.3, -0.25) is 9.59 Å². The summed E-state index contributed by atoms with van der Waals surface area (Å²) in [7, 11) is 0. The average Bonchev–Trinajstić information content (AvgIpc) is 2.85. The van der Waals surface area contributed by atoms with Gasteiger partial charge in [-0.1, -0.05) is 70.0 Å². The van der Waals surface area contributed by atoms with E-state index in [2.05, 4.69) is 21.2 Å². The smallest absolute Gasteiger partial charge is 0.243 e. The molecule has 3 rings (SSSR count). The molecule has 37 heavy (non-hydrogen) atoms. The number of nitrogens with zero attached hydrogens (tertiary/aromatic N) is 1. The van der Waals surface area contributed by atoms with Crippen LogP contribution in [-0.2, 0) is 22.6 Å². The van der Waals surface area contributed by atoms with Crippen LogP contribution in [0.15, 0.2) is 83.3 Å². The summed E-state index contributed by atoms with van der Waals surface area (Å²) in [6.07, 6.45) is 1.21. The molecule has 2 amide bonds. The Bertz CT molecular complexity index is 1150. The van der Waals surface area contributed by atoms with E-state index in [1.54, 1.807) is 29.2 Å². The molecule has 0 saturated carbocycles. The summed E-state index contributed by atoms with van der Waals surface area (Å²) in [5.41, 5.74) is 1.52. The van der Waals surface area contributed by atoms with Crippen LogP contribution >= 0.6 is 27.5 Å². The van der Waals surface area contributed by atoms with E-state index in [9.17, 15) is 9.59 Å². The van der Waals surface area contributed by atoms with Crippen LogP contribution in [0, 0.1) is 0 Å². The van der Waals surface area contributed by atoms with Crippen molar-refractivity contribution in [2.45, 2.75) is 58.2 Å². The van der Waals surface area contributed by atoms with Crippen molar-refractivity contribution in [2.75, 3.05) is 6.61 Å². The lowest BCUT2D eigenvalue weighted by molar-refractivity contribution is -0.142. The highest BCUT2D eigenvalue weighted by Crippen LogP contribution is 2.20. The highest BCUT2D eigenvalue weighted by atomic mass is 79.9. The molecule has 7 heteroatoms. The summed E-state index contributed by atoms with van der Waals surface area (Å²) >= 11 is 9.41. The first-order valence-electron chi connectivity index (χ1n) is 12.4. The Balaban J connectivity index is 1.80. The number of amides is 2. The monoisotopic (exact) mass is 584 g/mol. The van der Waals surface area contributed by atoms with Crippen LogP contribution in [0.3, 0.4) is 0 Å². The number of carbonyl (C=O) groups excluding carboxylic acids is 2. The Hall–Kier alpha value is -2.83. The summed E-state index contributed by atoms with van der Waals surface area (Å²) in [4.78, 5) is 28.9. The molecule has 0 aliphatic carbocycles. The van der Waals surface area contributed by atoms with Gasteiger partial charge in [0.25, 0.3) is 0 Å². The normalized spacial score (nSPS) is 12.0. The molecule has 0 aliphatic heterocycles. The molecule has 3 aromatic rings. The van der Waals surface area contributed by atoms with Gasteiger partial charge in [0.05, 0.1) is 6.61 Å². The zero-order chi connectivity index (χ0) is 26.8. The fourth-order valence-electron chi connectivity index (χ4n) is 3.88. The fourth-order valence-corrected chi connectivity index (χ4v) is 4.27. The second-order valence-electron chi connectivity index (χ2n) is 10.00. The van der Waals surface area contributed by atoms with Gasteiger partial charge < -0.3 is 15.0 Å². The minimum atomic E-state index is -0.657.